The SMILES string of the molecule is COc1cc(C=Nn2c(-c3cc4cc(Cl)ccc4o3)nc3ccccc3c2=O)cc(I)c1OCC(=O)OC(C)C. The fraction of sp³-hybridized carbons (Fsp3) is 0.172. The van der Waals surface area contributed by atoms with Crippen LogP contribution in [0.2, 0.25) is 5.02 Å². The van der Waals surface area contributed by atoms with Crippen LogP contribution in [-0.4, -0.2) is 41.7 Å². The van der Waals surface area contributed by atoms with Gasteiger partial charge in [0, 0.05) is 10.4 Å². The third kappa shape index (κ3) is 5.82. The van der Waals surface area contributed by atoms with Gasteiger partial charge < -0.3 is 18.6 Å². The zero-order valence-corrected chi connectivity index (χ0v) is 24.6. The molecule has 0 aliphatic heterocycles. The molecule has 5 aromatic rings. The summed E-state index contributed by atoms with van der Waals surface area (Å²) in [5, 5.41) is 6.24. The van der Waals surface area contributed by atoms with Gasteiger partial charge in [-0.2, -0.15) is 9.78 Å². The minimum atomic E-state index is -0.484. The molecule has 0 spiro atoms. The van der Waals surface area contributed by atoms with Crippen LogP contribution in [-0.2, 0) is 9.53 Å². The molecule has 0 saturated carbocycles. The quantitative estimate of drug-likeness (QED) is 0.109. The van der Waals surface area contributed by atoms with Gasteiger partial charge in [-0.25, -0.2) is 9.78 Å². The molecule has 0 aliphatic carbocycles. The lowest BCUT2D eigenvalue weighted by atomic mass is 10.2. The monoisotopic (exact) mass is 671 g/mol. The van der Waals surface area contributed by atoms with Crippen molar-refractivity contribution in [1.82, 2.24) is 9.66 Å². The number of fused-ring (bicyclic) bond motifs is 2. The number of methoxy groups -OCH3 is 1. The molecule has 0 saturated heterocycles. The van der Waals surface area contributed by atoms with Gasteiger partial charge in [0.1, 0.15) is 5.58 Å². The summed E-state index contributed by atoms with van der Waals surface area (Å²) in [5.74, 6) is 0.900. The van der Waals surface area contributed by atoms with E-state index in [1.54, 1.807) is 68.4 Å². The Kier molecular flexibility index (Phi) is 8.08. The summed E-state index contributed by atoms with van der Waals surface area (Å²) in [7, 11) is 1.50. The van der Waals surface area contributed by atoms with Gasteiger partial charge in [-0.05, 0) is 90.5 Å². The minimum Gasteiger partial charge on any atom is -0.493 e. The fourth-order valence-electron chi connectivity index (χ4n) is 4.02. The zero-order chi connectivity index (χ0) is 28.4. The highest BCUT2D eigenvalue weighted by molar-refractivity contribution is 14.1. The number of carbonyl (C=O) groups excluding carboxylic acids is 1. The van der Waals surface area contributed by atoms with Crippen LogP contribution in [0.1, 0.15) is 19.4 Å². The number of hydrogen-bond acceptors (Lipinski definition) is 8. The van der Waals surface area contributed by atoms with Crippen molar-refractivity contribution in [2.24, 2.45) is 5.10 Å². The maximum absolute atomic E-state index is 13.5. The van der Waals surface area contributed by atoms with E-state index < -0.39 is 5.97 Å². The third-order valence-corrected chi connectivity index (χ3v) is 6.76. The topological polar surface area (TPSA) is 105 Å². The summed E-state index contributed by atoms with van der Waals surface area (Å²) in [6.07, 6.45) is 1.27. The number of para-hydroxylation sites is 1. The highest BCUT2D eigenvalue weighted by Crippen LogP contribution is 2.34. The Labute approximate surface area is 247 Å². The number of hydrogen-bond donors (Lipinski definition) is 0. The number of rotatable bonds is 8. The molecule has 11 heteroatoms. The van der Waals surface area contributed by atoms with Gasteiger partial charge in [0.15, 0.2) is 23.9 Å². The van der Waals surface area contributed by atoms with Crippen molar-refractivity contribution in [3.63, 3.8) is 0 Å². The standard InChI is InChI=1S/C29H23ClIN3O6/c1-16(2)39-26(35)15-38-27-21(31)10-17(11-24(27)37-3)14-32-34-28(33-22-7-5-4-6-20(22)29(34)36)25-13-18-12-19(30)8-9-23(18)40-25/h4-14,16H,15H2,1-3H3. The van der Waals surface area contributed by atoms with E-state index in [0.717, 1.165) is 5.39 Å². The Hall–Kier alpha value is -3.90. The molecule has 204 valence electrons. The van der Waals surface area contributed by atoms with Gasteiger partial charge >= 0.3 is 5.97 Å². The minimum absolute atomic E-state index is 0.234. The average molecular weight is 672 g/mol. The molecule has 0 radical (unpaired) electrons. The number of esters is 1. The Morgan fingerprint density at radius 3 is 2.75 bits per heavy atom. The lowest BCUT2D eigenvalue weighted by molar-refractivity contribution is -0.149. The fourth-order valence-corrected chi connectivity index (χ4v) is 4.98. The van der Waals surface area contributed by atoms with E-state index in [4.69, 9.17) is 35.2 Å². The van der Waals surface area contributed by atoms with Crippen LogP contribution in [0.15, 0.2) is 75.0 Å². The van der Waals surface area contributed by atoms with Crippen LogP contribution >= 0.6 is 34.2 Å². The molecule has 0 fully saturated rings. The van der Waals surface area contributed by atoms with E-state index in [1.165, 1.54) is 18.0 Å². The Bertz CT molecular complexity index is 1830. The van der Waals surface area contributed by atoms with Crippen LogP contribution in [0.5, 0.6) is 11.5 Å². The lowest BCUT2D eigenvalue weighted by Gasteiger charge is -2.14. The number of aromatic nitrogens is 2. The van der Waals surface area contributed by atoms with Gasteiger partial charge in [0.25, 0.3) is 5.56 Å². The van der Waals surface area contributed by atoms with Gasteiger partial charge in [0.2, 0.25) is 5.82 Å². The lowest BCUT2D eigenvalue weighted by Crippen LogP contribution is -2.20. The average Bonchev–Trinajstić information content (AvgIpc) is 3.34. The molecule has 2 aromatic heterocycles. The van der Waals surface area contributed by atoms with E-state index in [1.807, 2.05) is 6.07 Å². The molecule has 0 bridgehead atoms. The molecule has 0 N–H and O–H groups in total. The second-order valence-corrected chi connectivity index (χ2v) is 10.6. The molecular weight excluding hydrogens is 649 g/mol. The maximum Gasteiger partial charge on any atom is 0.344 e. The van der Waals surface area contributed by atoms with Gasteiger partial charge in [-0.3, -0.25) is 4.79 Å². The normalized spacial score (nSPS) is 11.6. The molecular formula is C29H23ClIN3O6. The molecule has 0 atom stereocenters. The second kappa shape index (κ2) is 11.7. The first kappa shape index (κ1) is 27.7. The van der Waals surface area contributed by atoms with Crippen LogP contribution in [0.25, 0.3) is 33.5 Å². The maximum atomic E-state index is 13.5. The van der Waals surface area contributed by atoms with E-state index in [0.29, 0.717) is 47.9 Å². The van der Waals surface area contributed by atoms with Crippen molar-refractivity contribution in [2.75, 3.05) is 13.7 Å². The summed E-state index contributed by atoms with van der Waals surface area (Å²) in [5.41, 5.74) is 1.38. The highest BCUT2D eigenvalue weighted by atomic mass is 127. The Morgan fingerprint density at radius 2 is 1.98 bits per heavy atom. The molecule has 2 heterocycles. The molecule has 9 nitrogen and oxygen atoms in total. The van der Waals surface area contributed by atoms with Gasteiger partial charge in [-0.1, -0.05) is 23.7 Å². The molecule has 5 rings (SSSR count). The number of ether oxygens (including phenoxy) is 3. The highest BCUT2D eigenvalue weighted by Gasteiger charge is 2.18. The predicted octanol–water partition coefficient (Wildman–Crippen LogP) is 6.29. The smallest absolute Gasteiger partial charge is 0.344 e. The van der Waals surface area contributed by atoms with E-state index >= 15 is 0 Å². The summed E-state index contributed by atoms with van der Waals surface area (Å²) in [6, 6.07) is 17.5. The first-order chi connectivity index (χ1) is 19.2. The van der Waals surface area contributed by atoms with Crippen LogP contribution in [0.4, 0.5) is 0 Å². The summed E-state index contributed by atoms with van der Waals surface area (Å²) in [6.45, 7) is 3.27. The summed E-state index contributed by atoms with van der Waals surface area (Å²) < 4.78 is 24.2. The first-order valence-corrected chi connectivity index (χ1v) is 13.6. The zero-order valence-electron chi connectivity index (χ0n) is 21.7. The van der Waals surface area contributed by atoms with Crippen molar-refractivity contribution in [2.45, 2.75) is 20.0 Å². The van der Waals surface area contributed by atoms with Crippen molar-refractivity contribution < 1.29 is 23.4 Å². The van der Waals surface area contributed by atoms with Crippen LogP contribution in [0.3, 0.4) is 0 Å². The van der Waals surface area contributed by atoms with Crippen molar-refractivity contribution in [1.29, 1.82) is 0 Å². The van der Waals surface area contributed by atoms with Crippen molar-refractivity contribution >= 4 is 68.2 Å². The molecule has 0 amide bonds. The van der Waals surface area contributed by atoms with E-state index in [-0.39, 0.29) is 24.1 Å². The summed E-state index contributed by atoms with van der Waals surface area (Å²) in [4.78, 5) is 30.2. The predicted molar refractivity (Wildman–Crippen MR) is 162 cm³/mol. The number of benzene rings is 3. The Morgan fingerprint density at radius 1 is 1.18 bits per heavy atom. The number of carbonyl (C=O) groups is 1. The van der Waals surface area contributed by atoms with E-state index in [9.17, 15) is 9.59 Å². The number of halogens is 2. The number of nitrogens with zero attached hydrogens (tertiary/aromatic N) is 3. The molecule has 3 aromatic carbocycles. The van der Waals surface area contributed by atoms with Crippen molar-refractivity contribution in [3.05, 3.63) is 85.2 Å². The molecule has 0 aliphatic rings. The van der Waals surface area contributed by atoms with E-state index in [2.05, 4.69) is 27.7 Å². The largest absolute Gasteiger partial charge is 0.493 e. The third-order valence-electron chi connectivity index (χ3n) is 5.73. The van der Waals surface area contributed by atoms with Gasteiger partial charge in [-0.15, -0.1) is 0 Å². The second-order valence-electron chi connectivity index (χ2n) is 8.97. The Balaban J connectivity index is 1.55. The molecule has 0 unspecified atom stereocenters. The van der Waals surface area contributed by atoms with Gasteiger partial charge in [0.05, 0.1) is 33.9 Å². The number of furan rings is 1. The molecule has 40 heavy (non-hydrogen) atoms. The first-order valence-electron chi connectivity index (χ1n) is 12.2. The van der Waals surface area contributed by atoms with Crippen molar-refractivity contribution in [3.8, 4) is 23.1 Å². The van der Waals surface area contributed by atoms with Crippen LogP contribution in [0, 0.1) is 3.57 Å². The van der Waals surface area contributed by atoms with Crippen LogP contribution < -0.4 is 15.0 Å². The summed E-state index contributed by atoms with van der Waals surface area (Å²) >= 11 is 8.23.